The summed E-state index contributed by atoms with van der Waals surface area (Å²) in [6.45, 7) is 0. The van der Waals surface area contributed by atoms with Crippen LogP contribution in [0.4, 0.5) is 0 Å². The van der Waals surface area contributed by atoms with Crippen molar-refractivity contribution in [1.82, 2.24) is 0 Å². The van der Waals surface area contributed by atoms with Crippen molar-refractivity contribution in [2.75, 3.05) is 0 Å². The number of phenolic OH excluding ortho intramolecular Hbond substituents is 1. The van der Waals surface area contributed by atoms with Gasteiger partial charge in [-0.1, -0.05) is 12.8 Å². The molecular weight excluding hydrogens is 228 g/mol. The van der Waals surface area contributed by atoms with E-state index in [2.05, 4.69) is 0 Å². The van der Waals surface area contributed by atoms with Gasteiger partial charge < -0.3 is 9.84 Å². The predicted molar refractivity (Wildman–Crippen MR) is 68.1 cm³/mol. The number of ketones is 1. The average Bonchev–Trinajstić information content (AvgIpc) is 2.56. The molecule has 1 aromatic carbocycles. The van der Waals surface area contributed by atoms with E-state index in [9.17, 15) is 9.90 Å². The first-order valence-corrected chi connectivity index (χ1v) is 6.74. The van der Waals surface area contributed by atoms with Crippen LogP contribution in [0.3, 0.4) is 0 Å². The number of phenols is 1. The third kappa shape index (κ3) is 1.98. The van der Waals surface area contributed by atoms with Crippen molar-refractivity contribution in [3.8, 4) is 11.5 Å². The third-order valence-corrected chi connectivity index (χ3v) is 4.09. The number of carbonyl (C=O) groups excluding carboxylic acids is 1. The molecule has 0 saturated heterocycles. The largest absolute Gasteiger partial charge is 0.508 e. The van der Waals surface area contributed by atoms with E-state index in [0.29, 0.717) is 17.7 Å². The number of carbonyl (C=O) groups is 1. The molecule has 2 aliphatic rings. The normalized spacial score (nSPS) is 22.1. The first kappa shape index (κ1) is 11.6. The second-order valence-electron chi connectivity index (χ2n) is 5.48. The molecule has 3 nitrogen and oxygen atoms in total. The molecular formula is C15H18O3. The highest BCUT2D eigenvalue weighted by molar-refractivity contribution is 6.00. The average molecular weight is 246 g/mol. The van der Waals surface area contributed by atoms with Gasteiger partial charge in [-0.05, 0) is 43.9 Å². The molecule has 1 spiro atoms. The summed E-state index contributed by atoms with van der Waals surface area (Å²) in [4.78, 5) is 12.2. The molecule has 1 aliphatic heterocycles. The molecule has 3 heteroatoms. The lowest BCUT2D eigenvalue weighted by Crippen LogP contribution is -2.41. The third-order valence-electron chi connectivity index (χ3n) is 4.09. The molecule has 0 atom stereocenters. The quantitative estimate of drug-likeness (QED) is 0.762. The monoisotopic (exact) mass is 246 g/mol. The molecule has 1 heterocycles. The van der Waals surface area contributed by atoms with Crippen molar-refractivity contribution < 1.29 is 14.6 Å². The van der Waals surface area contributed by atoms with Crippen molar-refractivity contribution in [1.29, 1.82) is 0 Å². The zero-order valence-electron chi connectivity index (χ0n) is 10.4. The van der Waals surface area contributed by atoms with Gasteiger partial charge in [0.15, 0.2) is 5.78 Å². The van der Waals surface area contributed by atoms with E-state index in [0.717, 1.165) is 25.7 Å². The van der Waals surface area contributed by atoms with Crippen molar-refractivity contribution in [2.45, 2.75) is 50.5 Å². The number of aromatic hydroxyl groups is 1. The van der Waals surface area contributed by atoms with E-state index in [1.807, 2.05) is 0 Å². The van der Waals surface area contributed by atoms with Crippen LogP contribution in [-0.2, 0) is 0 Å². The molecule has 1 N–H and O–H groups in total. The van der Waals surface area contributed by atoms with Crippen molar-refractivity contribution in [2.24, 2.45) is 0 Å². The van der Waals surface area contributed by atoms with Gasteiger partial charge in [-0.2, -0.15) is 0 Å². The summed E-state index contributed by atoms with van der Waals surface area (Å²) in [5.41, 5.74) is 0.252. The maximum absolute atomic E-state index is 12.2. The van der Waals surface area contributed by atoms with Gasteiger partial charge in [0.25, 0.3) is 0 Å². The van der Waals surface area contributed by atoms with Gasteiger partial charge in [0.05, 0.1) is 12.0 Å². The first-order valence-electron chi connectivity index (χ1n) is 6.74. The minimum absolute atomic E-state index is 0.106. The maximum atomic E-state index is 12.2. The number of rotatable bonds is 0. The molecule has 0 bridgehead atoms. The Morgan fingerprint density at radius 2 is 1.83 bits per heavy atom. The predicted octanol–water partition coefficient (Wildman–Crippen LogP) is 3.45. The van der Waals surface area contributed by atoms with Crippen LogP contribution in [0, 0.1) is 0 Å². The molecule has 96 valence electrons. The second-order valence-corrected chi connectivity index (χ2v) is 5.48. The van der Waals surface area contributed by atoms with E-state index < -0.39 is 0 Å². The van der Waals surface area contributed by atoms with E-state index in [1.54, 1.807) is 12.1 Å². The van der Waals surface area contributed by atoms with Crippen LogP contribution >= 0.6 is 0 Å². The number of fused-ring (bicyclic) bond motifs is 1. The SMILES string of the molecule is O=C1CC2(CCCCCC2)Oc2ccc(O)cc21. The highest BCUT2D eigenvalue weighted by Crippen LogP contribution is 2.41. The van der Waals surface area contributed by atoms with Crippen LogP contribution in [0.2, 0.25) is 0 Å². The van der Waals surface area contributed by atoms with E-state index in [1.165, 1.54) is 18.9 Å². The lowest BCUT2D eigenvalue weighted by Gasteiger charge is -2.37. The summed E-state index contributed by atoms with van der Waals surface area (Å²) < 4.78 is 6.13. The van der Waals surface area contributed by atoms with Gasteiger partial charge in [0.1, 0.15) is 17.1 Å². The lowest BCUT2D eigenvalue weighted by atomic mass is 9.84. The van der Waals surface area contributed by atoms with E-state index in [4.69, 9.17) is 4.74 Å². The molecule has 3 rings (SSSR count). The Kier molecular flexibility index (Phi) is 2.77. The van der Waals surface area contributed by atoms with Crippen molar-refractivity contribution in [3.63, 3.8) is 0 Å². The van der Waals surface area contributed by atoms with Crippen molar-refractivity contribution >= 4 is 5.78 Å². The summed E-state index contributed by atoms with van der Waals surface area (Å²) in [6.07, 6.45) is 7.16. The van der Waals surface area contributed by atoms with Gasteiger partial charge in [0, 0.05) is 0 Å². The summed E-state index contributed by atoms with van der Waals surface area (Å²) >= 11 is 0. The highest BCUT2D eigenvalue weighted by atomic mass is 16.5. The number of hydrogen-bond acceptors (Lipinski definition) is 3. The molecule has 1 saturated carbocycles. The second kappa shape index (κ2) is 4.30. The zero-order chi connectivity index (χ0) is 12.6. The Morgan fingerprint density at radius 3 is 2.56 bits per heavy atom. The standard InChI is InChI=1S/C15H18O3/c16-11-5-6-14-12(9-11)13(17)10-15(18-14)7-3-1-2-4-8-15/h5-6,9,16H,1-4,7-8,10H2. The highest BCUT2D eigenvalue weighted by Gasteiger charge is 2.40. The summed E-state index contributed by atoms with van der Waals surface area (Å²) in [5, 5.41) is 9.45. The zero-order valence-corrected chi connectivity index (χ0v) is 10.4. The Morgan fingerprint density at radius 1 is 1.11 bits per heavy atom. The topological polar surface area (TPSA) is 46.5 Å². The molecule has 18 heavy (non-hydrogen) atoms. The van der Waals surface area contributed by atoms with Gasteiger partial charge in [-0.15, -0.1) is 0 Å². The molecule has 0 aromatic heterocycles. The molecule has 1 aromatic rings. The summed E-state index contributed by atoms with van der Waals surface area (Å²) in [6, 6.07) is 4.82. The fourth-order valence-corrected chi connectivity index (χ4v) is 3.13. The Hall–Kier alpha value is -1.51. The molecule has 0 amide bonds. The van der Waals surface area contributed by atoms with Gasteiger partial charge >= 0.3 is 0 Å². The number of benzene rings is 1. The summed E-state index contributed by atoms with van der Waals surface area (Å²) in [7, 11) is 0. The molecule has 1 fully saturated rings. The number of hydrogen-bond donors (Lipinski definition) is 1. The Bertz CT molecular complexity index is 471. The van der Waals surface area contributed by atoms with E-state index >= 15 is 0 Å². The number of Topliss-reactive ketones (excluding diaryl/α,β-unsaturated/α-hetero) is 1. The van der Waals surface area contributed by atoms with Crippen LogP contribution < -0.4 is 4.74 Å². The van der Waals surface area contributed by atoms with Crippen molar-refractivity contribution in [3.05, 3.63) is 23.8 Å². The van der Waals surface area contributed by atoms with Crippen LogP contribution in [-0.4, -0.2) is 16.5 Å². The molecule has 1 aliphatic carbocycles. The minimum atomic E-state index is -0.280. The van der Waals surface area contributed by atoms with Crippen LogP contribution in [0.15, 0.2) is 18.2 Å². The fourth-order valence-electron chi connectivity index (χ4n) is 3.13. The fraction of sp³-hybridized carbons (Fsp3) is 0.533. The maximum Gasteiger partial charge on any atom is 0.170 e. The van der Waals surface area contributed by atoms with Gasteiger partial charge in [-0.25, -0.2) is 0 Å². The number of ether oxygens (including phenoxy) is 1. The molecule has 0 radical (unpaired) electrons. The Labute approximate surface area is 107 Å². The van der Waals surface area contributed by atoms with Crippen LogP contribution in [0.5, 0.6) is 11.5 Å². The van der Waals surface area contributed by atoms with Crippen LogP contribution in [0.25, 0.3) is 0 Å². The molecule has 0 unspecified atom stereocenters. The Balaban J connectivity index is 1.95. The van der Waals surface area contributed by atoms with Crippen LogP contribution in [0.1, 0.15) is 55.3 Å². The minimum Gasteiger partial charge on any atom is -0.508 e. The first-order chi connectivity index (χ1) is 8.69. The van der Waals surface area contributed by atoms with Gasteiger partial charge in [0.2, 0.25) is 0 Å². The lowest BCUT2D eigenvalue weighted by molar-refractivity contribution is 0.0296. The summed E-state index contributed by atoms with van der Waals surface area (Å²) in [5.74, 6) is 0.877. The van der Waals surface area contributed by atoms with E-state index in [-0.39, 0.29) is 17.1 Å². The van der Waals surface area contributed by atoms with Gasteiger partial charge in [-0.3, -0.25) is 4.79 Å². The smallest absolute Gasteiger partial charge is 0.170 e.